The van der Waals surface area contributed by atoms with Crippen molar-refractivity contribution < 1.29 is 19.0 Å². The van der Waals surface area contributed by atoms with Crippen LogP contribution in [0.15, 0.2) is 18.2 Å². The maximum atomic E-state index is 12.0. The van der Waals surface area contributed by atoms with E-state index in [4.69, 9.17) is 14.2 Å². The average Bonchev–Trinajstić information content (AvgIpc) is 2.44. The fourth-order valence-electron chi connectivity index (χ4n) is 2.15. The molecule has 0 aromatic heterocycles. The monoisotopic (exact) mass is 279 g/mol. The van der Waals surface area contributed by atoms with Crippen LogP contribution in [0.4, 0.5) is 0 Å². The molecule has 2 rings (SSSR count). The number of hydrogen-bond acceptors (Lipinski definition) is 4. The summed E-state index contributed by atoms with van der Waals surface area (Å²) in [7, 11) is 1.53. The lowest BCUT2D eigenvalue weighted by Gasteiger charge is -2.27. The Bertz CT molecular complexity index is 473. The molecular formula is C15H21NO4. The van der Waals surface area contributed by atoms with Gasteiger partial charge in [-0.2, -0.15) is 0 Å². The van der Waals surface area contributed by atoms with Crippen LogP contribution in [0.5, 0.6) is 11.5 Å². The molecule has 0 N–H and O–H groups in total. The fourth-order valence-corrected chi connectivity index (χ4v) is 2.15. The molecule has 1 amide bonds. The first-order chi connectivity index (χ1) is 9.61. The Morgan fingerprint density at radius 1 is 1.30 bits per heavy atom. The van der Waals surface area contributed by atoms with E-state index in [1.165, 1.54) is 7.11 Å². The number of carbonyl (C=O) groups excluding carboxylic acids is 1. The highest BCUT2D eigenvalue weighted by Crippen LogP contribution is 2.31. The molecule has 0 aliphatic carbocycles. The summed E-state index contributed by atoms with van der Waals surface area (Å²) >= 11 is 0. The molecule has 0 atom stereocenters. The standard InChI is InChI=1S/C15H21NO4/c1-11(2)16(15(17)10-18-3)9-12-4-5-13-14(8-12)20-7-6-19-13/h4-5,8,11H,6-7,9-10H2,1-3H3. The fraction of sp³-hybridized carbons (Fsp3) is 0.533. The van der Waals surface area contributed by atoms with Crippen LogP contribution in [0.2, 0.25) is 0 Å². The van der Waals surface area contributed by atoms with E-state index in [-0.39, 0.29) is 18.6 Å². The molecule has 1 heterocycles. The zero-order valence-corrected chi connectivity index (χ0v) is 12.2. The predicted octanol–water partition coefficient (Wildman–Crippen LogP) is 1.84. The minimum absolute atomic E-state index is 0.0163. The minimum Gasteiger partial charge on any atom is -0.486 e. The molecule has 20 heavy (non-hydrogen) atoms. The van der Waals surface area contributed by atoms with Crippen molar-refractivity contribution in [3.05, 3.63) is 23.8 Å². The summed E-state index contributed by atoms with van der Waals surface area (Å²) in [6.07, 6.45) is 0. The third-order valence-corrected chi connectivity index (χ3v) is 3.17. The molecule has 5 heteroatoms. The predicted molar refractivity (Wildman–Crippen MR) is 75.0 cm³/mol. The number of carbonyl (C=O) groups is 1. The topological polar surface area (TPSA) is 48.0 Å². The van der Waals surface area contributed by atoms with E-state index in [0.29, 0.717) is 19.8 Å². The average molecular weight is 279 g/mol. The zero-order valence-electron chi connectivity index (χ0n) is 12.2. The van der Waals surface area contributed by atoms with Gasteiger partial charge in [-0.05, 0) is 31.5 Å². The number of ether oxygens (including phenoxy) is 3. The Morgan fingerprint density at radius 2 is 2.00 bits per heavy atom. The summed E-state index contributed by atoms with van der Waals surface area (Å²) in [5.74, 6) is 1.49. The van der Waals surface area contributed by atoms with Crippen LogP contribution in [0.1, 0.15) is 19.4 Å². The number of hydrogen-bond donors (Lipinski definition) is 0. The third kappa shape index (κ3) is 3.42. The molecule has 0 saturated heterocycles. The van der Waals surface area contributed by atoms with Crippen LogP contribution < -0.4 is 9.47 Å². The van der Waals surface area contributed by atoms with Gasteiger partial charge >= 0.3 is 0 Å². The highest BCUT2D eigenvalue weighted by atomic mass is 16.6. The van der Waals surface area contributed by atoms with E-state index in [1.54, 1.807) is 4.90 Å². The second-order valence-electron chi connectivity index (χ2n) is 5.03. The Morgan fingerprint density at radius 3 is 2.65 bits per heavy atom. The molecule has 110 valence electrons. The second-order valence-corrected chi connectivity index (χ2v) is 5.03. The summed E-state index contributed by atoms with van der Waals surface area (Å²) < 4.78 is 16.0. The van der Waals surface area contributed by atoms with Gasteiger partial charge in [-0.15, -0.1) is 0 Å². The lowest BCUT2D eigenvalue weighted by molar-refractivity contribution is -0.137. The summed E-state index contributed by atoms with van der Waals surface area (Å²) in [4.78, 5) is 13.8. The van der Waals surface area contributed by atoms with Gasteiger partial charge < -0.3 is 19.1 Å². The maximum absolute atomic E-state index is 12.0. The van der Waals surface area contributed by atoms with Gasteiger partial charge in [0.1, 0.15) is 19.8 Å². The smallest absolute Gasteiger partial charge is 0.249 e. The van der Waals surface area contributed by atoms with Gasteiger partial charge in [0.2, 0.25) is 5.91 Å². The van der Waals surface area contributed by atoms with E-state index in [1.807, 2.05) is 32.0 Å². The molecule has 1 aliphatic heterocycles. The Kier molecular flexibility index (Phi) is 4.84. The van der Waals surface area contributed by atoms with Gasteiger partial charge in [-0.1, -0.05) is 6.07 Å². The second kappa shape index (κ2) is 6.61. The van der Waals surface area contributed by atoms with Crippen LogP contribution in [-0.4, -0.2) is 43.8 Å². The van der Waals surface area contributed by atoms with Gasteiger partial charge in [0.25, 0.3) is 0 Å². The summed E-state index contributed by atoms with van der Waals surface area (Å²) in [6.45, 7) is 5.76. The number of benzene rings is 1. The van der Waals surface area contributed by atoms with E-state index in [0.717, 1.165) is 17.1 Å². The molecule has 1 aliphatic rings. The van der Waals surface area contributed by atoms with Crippen molar-refractivity contribution in [2.24, 2.45) is 0 Å². The van der Waals surface area contributed by atoms with Crippen molar-refractivity contribution in [1.82, 2.24) is 4.90 Å². The molecule has 0 radical (unpaired) electrons. The van der Waals surface area contributed by atoms with Gasteiger partial charge in [0, 0.05) is 19.7 Å². The summed E-state index contributed by atoms with van der Waals surface area (Å²) in [6, 6.07) is 5.90. The van der Waals surface area contributed by atoms with Crippen LogP contribution in [0.25, 0.3) is 0 Å². The van der Waals surface area contributed by atoms with Crippen LogP contribution >= 0.6 is 0 Å². The lowest BCUT2D eigenvalue weighted by atomic mass is 10.1. The van der Waals surface area contributed by atoms with E-state index < -0.39 is 0 Å². The van der Waals surface area contributed by atoms with E-state index in [9.17, 15) is 4.79 Å². The maximum Gasteiger partial charge on any atom is 0.249 e. The van der Waals surface area contributed by atoms with Crippen LogP contribution in [-0.2, 0) is 16.1 Å². The van der Waals surface area contributed by atoms with Gasteiger partial charge in [-0.25, -0.2) is 0 Å². The molecule has 0 spiro atoms. The molecule has 1 aromatic rings. The molecule has 0 unspecified atom stereocenters. The number of nitrogens with zero attached hydrogens (tertiary/aromatic N) is 1. The van der Waals surface area contributed by atoms with Crippen molar-refractivity contribution >= 4 is 5.91 Å². The largest absolute Gasteiger partial charge is 0.486 e. The number of amides is 1. The zero-order chi connectivity index (χ0) is 14.5. The highest BCUT2D eigenvalue weighted by molar-refractivity contribution is 5.77. The molecule has 0 saturated carbocycles. The molecule has 1 aromatic carbocycles. The van der Waals surface area contributed by atoms with Crippen LogP contribution in [0.3, 0.4) is 0 Å². The highest BCUT2D eigenvalue weighted by Gasteiger charge is 2.18. The molecule has 0 fully saturated rings. The summed E-state index contributed by atoms with van der Waals surface area (Å²) in [5, 5.41) is 0. The quantitative estimate of drug-likeness (QED) is 0.825. The minimum atomic E-state index is -0.0163. The van der Waals surface area contributed by atoms with Crippen molar-refractivity contribution in [3.8, 4) is 11.5 Å². The first-order valence-electron chi connectivity index (χ1n) is 6.78. The van der Waals surface area contributed by atoms with Gasteiger partial charge in [0.05, 0.1) is 0 Å². The van der Waals surface area contributed by atoms with Crippen LogP contribution in [0, 0.1) is 0 Å². The summed E-state index contributed by atoms with van der Waals surface area (Å²) in [5.41, 5.74) is 1.02. The first kappa shape index (κ1) is 14.7. The molecular weight excluding hydrogens is 258 g/mol. The van der Waals surface area contributed by atoms with Crippen molar-refractivity contribution in [3.63, 3.8) is 0 Å². The molecule has 0 bridgehead atoms. The number of fused-ring (bicyclic) bond motifs is 1. The van der Waals surface area contributed by atoms with Crippen molar-refractivity contribution in [1.29, 1.82) is 0 Å². The van der Waals surface area contributed by atoms with E-state index in [2.05, 4.69) is 0 Å². The van der Waals surface area contributed by atoms with Crippen molar-refractivity contribution in [2.45, 2.75) is 26.4 Å². The Balaban J connectivity index is 2.12. The van der Waals surface area contributed by atoms with Crippen molar-refractivity contribution in [2.75, 3.05) is 26.9 Å². The normalized spacial score (nSPS) is 13.4. The first-order valence-corrected chi connectivity index (χ1v) is 6.78. The Labute approximate surface area is 119 Å². The third-order valence-electron chi connectivity index (χ3n) is 3.17. The number of methoxy groups -OCH3 is 1. The Hall–Kier alpha value is -1.75. The lowest BCUT2D eigenvalue weighted by Crippen LogP contribution is -2.38. The van der Waals surface area contributed by atoms with Gasteiger partial charge in [-0.3, -0.25) is 4.79 Å². The van der Waals surface area contributed by atoms with Gasteiger partial charge in [0.15, 0.2) is 11.5 Å². The van der Waals surface area contributed by atoms with E-state index >= 15 is 0 Å². The molecule has 5 nitrogen and oxygen atoms in total. The SMILES string of the molecule is COCC(=O)N(Cc1ccc2c(c1)OCCO2)C(C)C. The number of rotatable bonds is 5.